The van der Waals surface area contributed by atoms with Crippen LogP contribution in [0.1, 0.15) is 19.4 Å². The third-order valence-corrected chi connectivity index (χ3v) is 5.42. The van der Waals surface area contributed by atoms with E-state index in [9.17, 15) is 9.59 Å². The summed E-state index contributed by atoms with van der Waals surface area (Å²) in [5.74, 6) is 0.150. The number of thioether (sulfide) groups is 1. The first kappa shape index (κ1) is 22.6. The third-order valence-electron chi connectivity index (χ3n) is 4.12. The summed E-state index contributed by atoms with van der Waals surface area (Å²) in [6.07, 6.45) is 1.72. The molecule has 0 saturated carbocycles. The van der Waals surface area contributed by atoms with E-state index >= 15 is 0 Å². The molecule has 1 aliphatic heterocycles. The van der Waals surface area contributed by atoms with Crippen LogP contribution in [0.25, 0.3) is 6.08 Å². The number of nitrogens with zero attached hydrogens (tertiary/aromatic N) is 1. The number of anilines is 1. The molecule has 1 N–H and O–H groups in total. The van der Waals surface area contributed by atoms with Gasteiger partial charge in [-0.3, -0.25) is 9.69 Å². The number of carbonyl (C=O) groups excluding carboxylic acids is 1. The van der Waals surface area contributed by atoms with Crippen LogP contribution in [0.3, 0.4) is 0 Å². The number of carbonyl (C=O) groups is 2. The van der Waals surface area contributed by atoms with Gasteiger partial charge in [-0.15, -0.1) is 0 Å². The summed E-state index contributed by atoms with van der Waals surface area (Å²) >= 11 is 6.63. The molecule has 0 aromatic heterocycles. The van der Waals surface area contributed by atoms with Gasteiger partial charge in [-0.05, 0) is 61.9 Å². The normalized spacial score (nSPS) is 14.8. The summed E-state index contributed by atoms with van der Waals surface area (Å²) in [7, 11) is 0. The molecule has 7 nitrogen and oxygen atoms in total. The van der Waals surface area contributed by atoms with Crippen LogP contribution in [0.4, 0.5) is 5.69 Å². The molecule has 1 aliphatic rings. The van der Waals surface area contributed by atoms with Gasteiger partial charge in [0, 0.05) is 0 Å². The summed E-state index contributed by atoms with van der Waals surface area (Å²) in [5.41, 5.74) is 1.38. The Morgan fingerprint density at radius 1 is 1.06 bits per heavy atom. The highest BCUT2D eigenvalue weighted by molar-refractivity contribution is 8.27. The molecule has 0 spiro atoms. The molecule has 162 valence electrons. The van der Waals surface area contributed by atoms with E-state index in [0.717, 1.165) is 5.75 Å². The number of carboxylic acids is 1. The van der Waals surface area contributed by atoms with Gasteiger partial charge in [0.05, 0.1) is 23.8 Å². The van der Waals surface area contributed by atoms with Crippen molar-refractivity contribution in [1.82, 2.24) is 0 Å². The molecule has 31 heavy (non-hydrogen) atoms. The van der Waals surface area contributed by atoms with Crippen molar-refractivity contribution in [2.24, 2.45) is 0 Å². The molecule has 0 radical (unpaired) electrons. The van der Waals surface area contributed by atoms with E-state index < -0.39 is 12.6 Å². The van der Waals surface area contributed by atoms with Crippen molar-refractivity contribution in [3.8, 4) is 17.2 Å². The molecule has 2 aromatic rings. The maximum Gasteiger partial charge on any atom is 0.341 e. The minimum absolute atomic E-state index is 0.219. The zero-order valence-electron chi connectivity index (χ0n) is 17.0. The van der Waals surface area contributed by atoms with Gasteiger partial charge >= 0.3 is 5.97 Å². The average molecular weight is 460 g/mol. The maximum absolute atomic E-state index is 13.0. The fourth-order valence-electron chi connectivity index (χ4n) is 2.84. The summed E-state index contributed by atoms with van der Waals surface area (Å²) < 4.78 is 16.7. The number of ether oxygens (including phenoxy) is 3. The first-order chi connectivity index (χ1) is 14.9. The summed E-state index contributed by atoms with van der Waals surface area (Å²) in [6.45, 7) is 4.19. The number of rotatable bonds is 9. The number of aliphatic carboxylic acids is 1. The fourth-order valence-corrected chi connectivity index (χ4v) is 4.14. The Kier molecular flexibility index (Phi) is 7.54. The van der Waals surface area contributed by atoms with Crippen molar-refractivity contribution in [2.45, 2.75) is 13.8 Å². The highest BCUT2D eigenvalue weighted by Crippen LogP contribution is 2.37. The number of hydrogen-bond acceptors (Lipinski definition) is 7. The van der Waals surface area contributed by atoms with Crippen LogP contribution in [0.2, 0.25) is 0 Å². The molecule has 1 heterocycles. The summed E-state index contributed by atoms with van der Waals surface area (Å²) in [6, 6.07) is 12.2. The average Bonchev–Trinajstić information content (AvgIpc) is 3.01. The molecule has 0 atom stereocenters. The molecule has 3 rings (SSSR count). The topological polar surface area (TPSA) is 85.3 Å². The standard InChI is InChI=1S/C22H21NO6S2/c1-3-27-16-8-6-15(7-9-16)23-21(26)19(31-22(23)30)12-14-5-10-17(29-13-20(24)25)18(11-14)28-4-2/h5-12H,3-4,13H2,1-2H3,(H,24,25)/b19-12+. The second-order valence-corrected chi connectivity index (χ2v) is 7.94. The molecule has 0 aliphatic carbocycles. The molecule has 1 amide bonds. The number of benzene rings is 2. The smallest absolute Gasteiger partial charge is 0.341 e. The molecule has 0 unspecified atom stereocenters. The van der Waals surface area contributed by atoms with E-state index in [1.807, 2.05) is 13.8 Å². The SMILES string of the molecule is CCOc1ccc(N2C(=O)/C(=C\c3ccc(OCC(=O)O)c(OCC)c3)SC2=S)cc1. The Hall–Kier alpha value is -3.04. The Labute approximate surface area is 189 Å². The molecule has 1 fully saturated rings. The Morgan fingerprint density at radius 3 is 2.42 bits per heavy atom. The second kappa shape index (κ2) is 10.3. The van der Waals surface area contributed by atoms with Crippen molar-refractivity contribution in [2.75, 3.05) is 24.7 Å². The Morgan fingerprint density at radius 2 is 1.77 bits per heavy atom. The van der Waals surface area contributed by atoms with Gasteiger partial charge in [0.2, 0.25) is 0 Å². The lowest BCUT2D eigenvalue weighted by Crippen LogP contribution is -2.27. The summed E-state index contributed by atoms with van der Waals surface area (Å²) in [4.78, 5) is 25.7. The van der Waals surface area contributed by atoms with Gasteiger partial charge in [-0.25, -0.2) is 4.79 Å². The Balaban J connectivity index is 1.83. The van der Waals surface area contributed by atoms with E-state index in [1.54, 1.807) is 48.5 Å². The number of hydrogen-bond donors (Lipinski definition) is 1. The van der Waals surface area contributed by atoms with Gasteiger partial charge in [-0.2, -0.15) is 0 Å². The van der Waals surface area contributed by atoms with Crippen molar-refractivity contribution >= 4 is 51.9 Å². The van der Waals surface area contributed by atoms with Crippen LogP contribution in [0.5, 0.6) is 17.2 Å². The molecule has 9 heteroatoms. The quantitative estimate of drug-likeness (QED) is 0.438. The van der Waals surface area contributed by atoms with Gasteiger partial charge in [-0.1, -0.05) is 30.0 Å². The first-order valence-corrected chi connectivity index (χ1v) is 10.8. The van der Waals surface area contributed by atoms with E-state index in [4.69, 9.17) is 31.5 Å². The van der Waals surface area contributed by atoms with Gasteiger partial charge in [0.25, 0.3) is 5.91 Å². The van der Waals surface area contributed by atoms with E-state index in [2.05, 4.69) is 0 Å². The maximum atomic E-state index is 13.0. The van der Waals surface area contributed by atoms with Crippen LogP contribution in [0, 0.1) is 0 Å². The van der Waals surface area contributed by atoms with E-state index in [1.165, 1.54) is 16.7 Å². The van der Waals surface area contributed by atoms with Crippen LogP contribution in [-0.2, 0) is 9.59 Å². The van der Waals surface area contributed by atoms with E-state index in [-0.39, 0.29) is 5.91 Å². The number of carboxylic acid groups (broad SMARTS) is 1. The van der Waals surface area contributed by atoms with Crippen molar-refractivity contribution < 1.29 is 28.9 Å². The van der Waals surface area contributed by atoms with Crippen LogP contribution < -0.4 is 19.1 Å². The van der Waals surface area contributed by atoms with Crippen molar-refractivity contribution in [3.63, 3.8) is 0 Å². The minimum atomic E-state index is -1.08. The predicted molar refractivity (Wildman–Crippen MR) is 124 cm³/mol. The molecular formula is C22H21NO6S2. The molecule has 2 aromatic carbocycles. The largest absolute Gasteiger partial charge is 0.494 e. The third kappa shape index (κ3) is 5.56. The highest BCUT2D eigenvalue weighted by Gasteiger charge is 2.33. The first-order valence-electron chi connectivity index (χ1n) is 9.55. The molecule has 0 bridgehead atoms. The monoisotopic (exact) mass is 459 g/mol. The fraction of sp³-hybridized carbons (Fsp3) is 0.227. The highest BCUT2D eigenvalue weighted by atomic mass is 32.2. The van der Waals surface area contributed by atoms with Crippen LogP contribution in [0.15, 0.2) is 47.4 Å². The molecule has 1 saturated heterocycles. The minimum Gasteiger partial charge on any atom is -0.494 e. The van der Waals surface area contributed by atoms with Crippen molar-refractivity contribution in [1.29, 1.82) is 0 Å². The number of amides is 1. The van der Waals surface area contributed by atoms with Gasteiger partial charge in [0.15, 0.2) is 22.4 Å². The zero-order valence-corrected chi connectivity index (χ0v) is 18.6. The summed E-state index contributed by atoms with van der Waals surface area (Å²) in [5, 5.41) is 8.82. The van der Waals surface area contributed by atoms with Gasteiger partial charge in [0.1, 0.15) is 5.75 Å². The lowest BCUT2D eigenvalue weighted by atomic mass is 10.1. The lowest BCUT2D eigenvalue weighted by Gasteiger charge is -2.15. The van der Waals surface area contributed by atoms with Crippen LogP contribution >= 0.6 is 24.0 Å². The predicted octanol–water partition coefficient (Wildman–Crippen LogP) is 4.35. The van der Waals surface area contributed by atoms with Crippen molar-refractivity contribution in [3.05, 3.63) is 52.9 Å². The van der Waals surface area contributed by atoms with E-state index in [0.29, 0.717) is 45.2 Å². The lowest BCUT2D eigenvalue weighted by molar-refractivity contribution is -0.139. The second-order valence-electron chi connectivity index (χ2n) is 6.27. The van der Waals surface area contributed by atoms with Gasteiger partial charge < -0.3 is 19.3 Å². The van der Waals surface area contributed by atoms with Crippen LogP contribution in [-0.4, -0.2) is 41.1 Å². The number of thiocarbonyl (C=S) groups is 1. The molecular weight excluding hydrogens is 438 g/mol. The zero-order chi connectivity index (χ0) is 22.4. The Bertz CT molecular complexity index is 1020.